The molecule has 2 aromatic carbocycles. The highest BCUT2D eigenvalue weighted by atomic mass is 16.5. The van der Waals surface area contributed by atoms with Crippen LogP contribution in [0.4, 0.5) is 0 Å². The van der Waals surface area contributed by atoms with Crippen molar-refractivity contribution in [3.05, 3.63) is 64.9 Å². The Morgan fingerprint density at radius 3 is 2.42 bits per heavy atom. The highest BCUT2D eigenvalue weighted by Gasteiger charge is 2.28. The third-order valence-electron chi connectivity index (χ3n) is 4.24. The molecule has 0 radical (unpaired) electrons. The van der Waals surface area contributed by atoms with Gasteiger partial charge < -0.3 is 9.47 Å². The first-order valence-electron chi connectivity index (χ1n) is 8.67. The number of carbonyl (C=O) groups is 2. The summed E-state index contributed by atoms with van der Waals surface area (Å²) in [4.78, 5) is 23.9. The Bertz CT molecular complexity index is 883. The lowest BCUT2D eigenvalue weighted by Gasteiger charge is -2.18. The van der Waals surface area contributed by atoms with E-state index in [0.29, 0.717) is 17.1 Å². The van der Waals surface area contributed by atoms with E-state index < -0.39 is 0 Å². The smallest absolute Gasteiger partial charge is 0.310 e. The predicted octanol–water partition coefficient (Wildman–Crippen LogP) is 4.92. The Morgan fingerprint density at radius 1 is 1.12 bits per heavy atom. The Balaban J connectivity index is 1.83. The van der Waals surface area contributed by atoms with Crippen molar-refractivity contribution in [2.45, 2.75) is 39.5 Å². The highest BCUT2D eigenvalue weighted by Crippen LogP contribution is 2.35. The maximum absolute atomic E-state index is 12.5. The summed E-state index contributed by atoms with van der Waals surface area (Å²) in [5.41, 5.74) is 2.67. The third-order valence-corrected chi connectivity index (χ3v) is 4.24. The van der Waals surface area contributed by atoms with Crippen LogP contribution in [0, 0.1) is 0 Å². The predicted molar refractivity (Wildman–Crippen MR) is 100 cm³/mol. The van der Waals surface area contributed by atoms with Gasteiger partial charge in [0, 0.05) is 12.5 Å². The largest absolute Gasteiger partial charge is 0.452 e. The van der Waals surface area contributed by atoms with E-state index >= 15 is 0 Å². The van der Waals surface area contributed by atoms with E-state index in [4.69, 9.17) is 9.47 Å². The monoisotopic (exact) mass is 350 g/mol. The van der Waals surface area contributed by atoms with Crippen molar-refractivity contribution in [1.82, 2.24) is 0 Å². The number of ketones is 1. The molecular weight excluding hydrogens is 328 g/mol. The van der Waals surface area contributed by atoms with Crippen LogP contribution in [0.25, 0.3) is 6.08 Å². The number of esters is 1. The van der Waals surface area contributed by atoms with Crippen LogP contribution in [0.2, 0.25) is 0 Å². The molecule has 0 atom stereocenters. The summed E-state index contributed by atoms with van der Waals surface area (Å²) in [6.45, 7) is 8.19. The molecule has 3 rings (SSSR count). The van der Waals surface area contributed by atoms with Gasteiger partial charge in [0.15, 0.2) is 5.76 Å². The summed E-state index contributed by atoms with van der Waals surface area (Å²) >= 11 is 0. The first-order valence-corrected chi connectivity index (χ1v) is 8.67. The molecule has 1 aliphatic rings. The van der Waals surface area contributed by atoms with Crippen LogP contribution in [0.15, 0.2) is 48.2 Å². The van der Waals surface area contributed by atoms with Crippen LogP contribution in [-0.2, 0) is 10.2 Å². The van der Waals surface area contributed by atoms with E-state index in [1.807, 2.05) is 12.1 Å². The molecule has 0 aliphatic carbocycles. The molecule has 0 saturated carbocycles. The van der Waals surface area contributed by atoms with Crippen LogP contribution in [0.5, 0.6) is 11.5 Å². The zero-order chi connectivity index (χ0) is 18.9. The zero-order valence-electron chi connectivity index (χ0n) is 15.5. The first-order chi connectivity index (χ1) is 12.3. The summed E-state index contributed by atoms with van der Waals surface area (Å²) in [6, 6.07) is 12.9. The number of carbonyl (C=O) groups excluding carboxylic acids is 2. The van der Waals surface area contributed by atoms with Crippen molar-refractivity contribution >= 4 is 17.8 Å². The lowest BCUT2D eigenvalue weighted by Crippen LogP contribution is -2.10. The van der Waals surface area contributed by atoms with Gasteiger partial charge in [-0.15, -0.1) is 0 Å². The van der Waals surface area contributed by atoms with E-state index in [-0.39, 0.29) is 29.3 Å². The normalized spacial score (nSPS) is 14.9. The molecule has 0 unspecified atom stereocenters. The molecule has 134 valence electrons. The van der Waals surface area contributed by atoms with Gasteiger partial charge in [0.1, 0.15) is 11.5 Å². The summed E-state index contributed by atoms with van der Waals surface area (Å²) in [5.74, 6) is 0.549. The Hall–Kier alpha value is -2.88. The van der Waals surface area contributed by atoms with Crippen molar-refractivity contribution in [1.29, 1.82) is 0 Å². The van der Waals surface area contributed by atoms with E-state index in [1.54, 1.807) is 31.2 Å². The molecule has 0 N–H and O–H groups in total. The molecule has 0 aromatic heterocycles. The topological polar surface area (TPSA) is 52.6 Å². The molecular formula is C22H22O4. The zero-order valence-corrected chi connectivity index (χ0v) is 15.5. The molecule has 0 spiro atoms. The van der Waals surface area contributed by atoms with Crippen LogP contribution in [0.1, 0.15) is 55.6 Å². The maximum atomic E-state index is 12.5. The number of rotatable bonds is 3. The number of Topliss-reactive ketones (excluding diaryl/α,β-unsaturated/α-hetero) is 1. The van der Waals surface area contributed by atoms with E-state index in [2.05, 4.69) is 32.9 Å². The van der Waals surface area contributed by atoms with Crippen LogP contribution in [0.3, 0.4) is 0 Å². The van der Waals surface area contributed by atoms with Gasteiger partial charge in [-0.25, -0.2) is 0 Å². The molecule has 0 bridgehead atoms. The first kappa shape index (κ1) is 17.9. The fraction of sp³-hybridized carbons (Fsp3) is 0.273. The minimum Gasteiger partial charge on any atom is -0.452 e. The number of allylic oxidation sites excluding steroid dienone is 1. The fourth-order valence-corrected chi connectivity index (χ4v) is 2.67. The average molecular weight is 350 g/mol. The second kappa shape index (κ2) is 6.79. The van der Waals surface area contributed by atoms with Crippen LogP contribution >= 0.6 is 0 Å². The fourth-order valence-electron chi connectivity index (χ4n) is 2.67. The van der Waals surface area contributed by atoms with Crippen molar-refractivity contribution in [2.24, 2.45) is 0 Å². The number of hydrogen-bond donors (Lipinski definition) is 0. The molecule has 26 heavy (non-hydrogen) atoms. The van der Waals surface area contributed by atoms with Gasteiger partial charge in [0.05, 0.1) is 5.56 Å². The van der Waals surface area contributed by atoms with Crippen LogP contribution in [-0.4, -0.2) is 11.8 Å². The molecule has 1 aliphatic heterocycles. The number of fused-ring (bicyclic) bond motifs is 1. The molecule has 2 aromatic rings. The average Bonchev–Trinajstić information content (AvgIpc) is 2.90. The number of hydrogen-bond acceptors (Lipinski definition) is 4. The van der Waals surface area contributed by atoms with Crippen molar-refractivity contribution in [3.63, 3.8) is 0 Å². The SMILES string of the molecule is CCC(=O)Oc1ccc2c(c1)O/C(=C/c1ccc(C(C)(C)C)cc1)C2=O. The Morgan fingerprint density at radius 2 is 1.81 bits per heavy atom. The maximum Gasteiger partial charge on any atom is 0.310 e. The molecule has 0 saturated heterocycles. The lowest BCUT2D eigenvalue weighted by atomic mass is 9.86. The standard InChI is InChI=1S/C22H22O4/c1-5-20(23)25-16-10-11-17-18(13-16)26-19(21(17)24)12-14-6-8-15(9-7-14)22(2,3)4/h6-13H,5H2,1-4H3/b19-12+. The van der Waals surface area contributed by atoms with Gasteiger partial charge in [-0.2, -0.15) is 0 Å². The minimum absolute atomic E-state index is 0.0773. The van der Waals surface area contributed by atoms with Crippen molar-refractivity contribution < 1.29 is 19.1 Å². The van der Waals surface area contributed by atoms with Crippen LogP contribution < -0.4 is 9.47 Å². The Labute approximate surface area is 153 Å². The summed E-state index contributed by atoms with van der Waals surface area (Å²) in [7, 11) is 0. The van der Waals surface area contributed by atoms with Crippen molar-refractivity contribution in [2.75, 3.05) is 0 Å². The second-order valence-corrected chi connectivity index (χ2v) is 7.30. The summed E-state index contributed by atoms with van der Waals surface area (Å²) in [5, 5.41) is 0. The van der Waals surface area contributed by atoms with E-state index in [0.717, 1.165) is 5.56 Å². The van der Waals surface area contributed by atoms with E-state index in [9.17, 15) is 9.59 Å². The molecule has 4 nitrogen and oxygen atoms in total. The minimum atomic E-state index is -0.330. The molecule has 0 fully saturated rings. The van der Waals surface area contributed by atoms with Gasteiger partial charge in [-0.05, 0) is 34.8 Å². The lowest BCUT2D eigenvalue weighted by molar-refractivity contribution is -0.134. The van der Waals surface area contributed by atoms with Gasteiger partial charge in [0.2, 0.25) is 5.78 Å². The quantitative estimate of drug-likeness (QED) is 0.448. The van der Waals surface area contributed by atoms with Gasteiger partial charge in [-0.1, -0.05) is 52.0 Å². The third kappa shape index (κ3) is 3.69. The molecule has 4 heteroatoms. The van der Waals surface area contributed by atoms with E-state index in [1.165, 1.54) is 5.56 Å². The van der Waals surface area contributed by atoms with Gasteiger partial charge in [-0.3, -0.25) is 9.59 Å². The number of ether oxygens (including phenoxy) is 2. The molecule has 0 amide bonds. The Kier molecular flexibility index (Phi) is 4.68. The number of benzene rings is 2. The van der Waals surface area contributed by atoms with Crippen molar-refractivity contribution in [3.8, 4) is 11.5 Å². The van der Waals surface area contributed by atoms with Gasteiger partial charge >= 0.3 is 5.97 Å². The summed E-state index contributed by atoms with van der Waals surface area (Å²) < 4.78 is 10.9. The highest BCUT2D eigenvalue weighted by molar-refractivity contribution is 6.14. The second-order valence-electron chi connectivity index (χ2n) is 7.30. The summed E-state index contributed by atoms with van der Waals surface area (Å²) in [6.07, 6.45) is 2.01. The van der Waals surface area contributed by atoms with Gasteiger partial charge in [0.25, 0.3) is 0 Å². The molecule has 1 heterocycles.